The maximum absolute atomic E-state index is 6.29. The molecular formula is C67H55NO. The van der Waals surface area contributed by atoms with Crippen LogP contribution in [0.15, 0.2) is 217 Å². The molecule has 9 aromatic carbocycles. The maximum atomic E-state index is 6.29. The highest BCUT2D eigenvalue weighted by atomic mass is 16.3. The molecule has 0 saturated carbocycles. The molecular weight excluding hydrogens is 835 g/mol. The van der Waals surface area contributed by atoms with Crippen molar-refractivity contribution < 1.29 is 4.42 Å². The summed E-state index contributed by atoms with van der Waals surface area (Å²) < 4.78 is 6.29. The van der Waals surface area contributed by atoms with Crippen molar-refractivity contribution in [3.8, 4) is 55.6 Å². The first-order chi connectivity index (χ1) is 33.8. The van der Waals surface area contributed by atoms with Crippen LogP contribution < -0.4 is 4.90 Å². The molecule has 0 unspecified atom stereocenters. The quantitative estimate of drug-likeness (QED) is 0.136. The number of hydrogen-bond donors (Lipinski definition) is 0. The van der Waals surface area contributed by atoms with Gasteiger partial charge in [0.2, 0.25) is 0 Å². The number of rotatable bonds is 10. The second-order valence-corrected chi connectivity index (χ2v) is 19.4. The molecule has 0 bridgehead atoms. The van der Waals surface area contributed by atoms with Crippen LogP contribution in [0.1, 0.15) is 67.9 Å². The predicted octanol–water partition coefficient (Wildman–Crippen LogP) is 19.0. The van der Waals surface area contributed by atoms with E-state index in [2.05, 4.69) is 239 Å². The highest BCUT2D eigenvalue weighted by Gasteiger charge is 2.36. The van der Waals surface area contributed by atoms with Gasteiger partial charge in [-0.1, -0.05) is 179 Å². The predicted molar refractivity (Wildman–Crippen MR) is 293 cm³/mol. The highest BCUT2D eigenvalue weighted by molar-refractivity contribution is 6.12. The van der Waals surface area contributed by atoms with Crippen molar-refractivity contribution in [2.24, 2.45) is 0 Å². The van der Waals surface area contributed by atoms with E-state index in [1.165, 1.54) is 83.5 Å². The smallest absolute Gasteiger partial charge is 0.136 e. The molecule has 1 heterocycles. The third-order valence-electron chi connectivity index (χ3n) is 14.9. The van der Waals surface area contributed by atoms with Gasteiger partial charge < -0.3 is 9.32 Å². The van der Waals surface area contributed by atoms with E-state index >= 15 is 0 Å². The number of hydrogen-bond acceptors (Lipinski definition) is 2. The van der Waals surface area contributed by atoms with Crippen LogP contribution in [0.4, 0.5) is 17.1 Å². The zero-order valence-corrected chi connectivity index (χ0v) is 39.9. The lowest BCUT2D eigenvalue weighted by molar-refractivity contribution is 0.660. The van der Waals surface area contributed by atoms with Crippen molar-refractivity contribution in [3.63, 3.8) is 0 Å². The molecule has 0 fully saturated rings. The molecule has 0 aliphatic heterocycles. The lowest BCUT2D eigenvalue weighted by Crippen LogP contribution is -2.15. The molecule has 0 atom stereocenters. The monoisotopic (exact) mass is 889 g/mol. The standard InChI is InChI=1S/C67H55NO/c1-5-15-47-18-9-10-19-57(47)56-22-13-21-55(44(56)2)48-28-36-53(37-29-48)68(54-38-30-49(31-39-54)58-23-14-25-65-66(58)60-20-11-12-24-64(60)69-65)52-34-26-46(27-35-52)50-33-41-62-61(42-50)59-40-32-51(43-63(59)67(62,3)4)45-16-7-6-8-17-45/h7,9-14,16-43H,5-6,8,15H2,1-4H3. The van der Waals surface area contributed by atoms with E-state index in [1.54, 1.807) is 0 Å². The number of nitrogens with zero attached hydrogens (tertiary/aromatic N) is 1. The summed E-state index contributed by atoms with van der Waals surface area (Å²) in [6.45, 7) is 9.28. The van der Waals surface area contributed by atoms with Gasteiger partial charge in [0, 0.05) is 33.2 Å². The second kappa shape index (κ2) is 17.3. The molecule has 0 radical (unpaired) electrons. The fourth-order valence-electron chi connectivity index (χ4n) is 11.3. The van der Waals surface area contributed by atoms with Crippen molar-refractivity contribution in [2.45, 2.75) is 58.8 Å². The fraction of sp³-hybridized carbons (Fsp3) is 0.134. The molecule has 2 heteroatoms. The number of fused-ring (bicyclic) bond motifs is 6. The minimum atomic E-state index is -0.0754. The molecule has 0 amide bonds. The van der Waals surface area contributed by atoms with Crippen LogP contribution in [0.3, 0.4) is 0 Å². The Morgan fingerprint density at radius 2 is 1.09 bits per heavy atom. The van der Waals surface area contributed by atoms with Gasteiger partial charge in [0.15, 0.2) is 0 Å². The Bertz CT molecular complexity index is 3640. The van der Waals surface area contributed by atoms with Crippen molar-refractivity contribution in [1.82, 2.24) is 0 Å². The van der Waals surface area contributed by atoms with Crippen LogP contribution in [0.2, 0.25) is 0 Å². The van der Waals surface area contributed by atoms with Crippen LogP contribution in [0, 0.1) is 6.92 Å². The Kier molecular flexibility index (Phi) is 10.6. The molecule has 1 aromatic heterocycles. The molecule has 2 aliphatic carbocycles. The van der Waals surface area contributed by atoms with E-state index in [9.17, 15) is 0 Å². The van der Waals surface area contributed by atoms with Gasteiger partial charge in [-0.2, -0.15) is 0 Å². The normalized spacial score (nSPS) is 13.7. The molecule has 2 nitrogen and oxygen atoms in total. The Balaban J connectivity index is 0.911. The minimum absolute atomic E-state index is 0.0754. The van der Waals surface area contributed by atoms with Crippen LogP contribution in [-0.4, -0.2) is 0 Å². The summed E-state index contributed by atoms with van der Waals surface area (Å²) in [6, 6.07) is 71.8. The molecule has 0 N–H and O–H groups in total. The van der Waals surface area contributed by atoms with Crippen molar-refractivity contribution in [2.75, 3.05) is 4.90 Å². The summed E-state index contributed by atoms with van der Waals surface area (Å²) in [5.41, 5.74) is 25.7. The van der Waals surface area contributed by atoms with Crippen LogP contribution in [0.5, 0.6) is 0 Å². The molecule has 334 valence electrons. The summed E-state index contributed by atoms with van der Waals surface area (Å²) in [6.07, 6.45) is 11.4. The Labute approximate surface area is 406 Å². The number of aryl methyl sites for hydroxylation is 1. The average molecular weight is 890 g/mol. The molecule has 12 rings (SSSR count). The number of anilines is 3. The topological polar surface area (TPSA) is 16.4 Å². The van der Waals surface area contributed by atoms with E-state index in [-0.39, 0.29) is 5.41 Å². The third-order valence-corrected chi connectivity index (χ3v) is 14.9. The summed E-state index contributed by atoms with van der Waals surface area (Å²) >= 11 is 0. The van der Waals surface area contributed by atoms with Gasteiger partial charge in [-0.25, -0.2) is 0 Å². The number of para-hydroxylation sites is 1. The Morgan fingerprint density at radius 1 is 0.478 bits per heavy atom. The Morgan fingerprint density at radius 3 is 1.83 bits per heavy atom. The van der Waals surface area contributed by atoms with Crippen LogP contribution in [-0.2, 0) is 11.8 Å². The zero-order valence-electron chi connectivity index (χ0n) is 39.9. The van der Waals surface area contributed by atoms with Crippen molar-refractivity contribution in [3.05, 3.63) is 240 Å². The summed E-state index contributed by atoms with van der Waals surface area (Å²) in [7, 11) is 0. The lowest BCUT2D eigenvalue weighted by Gasteiger charge is -2.26. The molecule has 10 aromatic rings. The number of benzene rings is 9. The van der Waals surface area contributed by atoms with Gasteiger partial charge in [-0.05, 0) is 176 Å². The van der Waals surface area contributed by atoms with Crippen molar-refractivity contribution in [1.29, 1.82) is 0 Å². The number of allylic oxidation sites excluding steroid dienone is 4. The van der Waals surface area contributed by atoms with Gasteiger partial charge in [0.1, 0.15) is 11.2 Å². The minimum Gasteiger partial charge on any atom is -0.456 e. The molecule has 69 heavy (non-hydrogen) atoms. The average Bonchev–Trinajstić information content (AvgIpc) is 3.89. The van der Waals surface area contributed by atoms with E-state index in [0.717, 1.165) is 70.2 Å². The van der Waals surface area contributed by atoms with Gasteiger partial charge in [-0.3, -0.25) is 0 Å². The van der Waals surface area contributed by atoms with E-state index in [0.29, 0.717) is 0 Å². The first-order valence-corrected chi connectivity index (χ1v) is 24.7. The zero-order chi connectivity index (χ0) is 46.6. The highest BCUT2D eigenvalue weighted by Crippen LogP contribution is 2.51. The summed E-state index contributed by atoms with van der Waals surface area (Å²) in [5, 5.41) is 2.28. The SMILES string of the molecule is CCCc1ccccc1-c1cccc(-c2ccc(N(c3ccc(-c4ccc5c(c4)-c4ccc(C6=CCCC=C6)cc4C5(C)C)cc3)c3ccc(-c4cccc5oc6ccccc6c45)cc3)cc2)c1C. The summed E-state index contributed by atoms with van der Waals surface area (Å²) in [5.74, 6) is 0. The molecule has 2 aliphatic rings. The second-order valence-electron chi connectivity index (χ2n) is 19.4. The Hall–Kier alpha value is -7.94. The molecule has 0 spiro atoms. The van der Waals surface area contributed by atoms with E-state index in [1.807, 2.05) is 6.07 Å². The summed E-state index contributed by atoms with van der Waals surface area (Å²) in [4.78, 5) is 2.38. The van der Waals surface area contributed by atoms with E-state index < -0.39 is 0 Å². The fourth-order valence-corrected chi connectivity index (χ4v) is 11.3. The number of furan rings is 1. The van der Waals surface area contributed by atoms with Crippen LogP contribution >= 0.6 is 0 Å². The largest absolute Gasteiger partial charge is 0.456 e. The molecule has 0 saturated heterocycles. The van der Waals surface area contributed by atoms with Crippen LogP contribution in [0.25, 0.3) is 83.1 Å². The van der Waals surface area contributed by atoms with Gasteiger partial charge in [0.05, 0.1) is 0 Å². The van der Waals surface area contributed by atoms with E-state index in [4.69, 9.17) is 4.42 Å². The third kappa shape index (κ3) is 7.43. The first-order valence-electron chi connectivity index (χ1n) is 24.7. The van der Waals surface area contributed by atoms with Gasteiger partial charge in [-0.15, -0.1) is 0 Å². The first kappa shape index (κ1) is 42.4. The maximum Gasteiger partial charge on any atom is 0.136 e. The van der Waals surface area contributed by atoms with Gasteiger partial charge >= 0.3 is 0 Å². The van der Waals surface area contributed by atoms with Gasteiger partial charge in [0.25, 0.3) is 0 Å². The lowest BCUT2D eigenvalue weighted by atomic mass is 9.81. The van der Waals surface area contributed by atoms with Crippen molar-refractivity contribution >= 4 is 44.6 Å².